The van der Waals surface area contributed by atoms with Gasteiger partial charge in [-0.1, -0.05) is 11.3 Å². The van der Waals surface area contributed by atoms with Gasteiger partial charge in [0.05, 0.1) is 4.70 Å². The molecule has 0 unspecified atom stereocenters. The smallest absolute Gasteiger partial charge is 0.355 e. The van der Waals surface area contributed by atoms with Crippen LogP contribution in [0.1, 0.15) is 10.5 Å². The summed E-state index contributed by atoms with van der Waals surface area (Å²) >= 11 is 0.763. The number of rotatable bonds is 4. The lowest BCUT2D eigenvalue weighted by Crippen LogP contribution is -2.21. The number of hydrogen-bond acceptors (Lipinski definition) is 5. The molecule has 6 nitrogen and oxygen atoms in total. The minimum absolute atomic E-state index is 0.0347. The van der Waals surface area contributed by atoms with E-state index in [4.69, 9.17) is 4.74 Å². The number of anilines is 1. The van der Waals surface area contributed by atoms with Gasteiger partial charge in [-0.3, -0.25) is 10.1 Å². The number of benzene rings is 1. The summed E-state index contributed by atoms with van der Waals surface area (Å²) in [7, 11) is 1.64. The lowest BCUT2D eigenvalue weighted by Gasteiger charge is -2.05. The highest BCUT2D eigenvalue weighted by atomic mass is 32.1. The number of nitrogens with one attached hydrogen (secondary N) is 1. The lowest BCUT2D eigenvalue weighted by molar-refractivity contribution is -0.119. The number of aryl methyl sites for hydroxylation is 1. The van der Waals surface area contributed by atoms with Crippen molar-refractivity contribution in [3.63, 3.8) is 0 Å². The van der Waals surface area contributed by atoms with Crippen molar-refractivity contribution in [2.45, 2.75) is 0 Å². The van der Waals surface area contributed by atoms with Gasteiger partial charge in [0.2, 0.25) is 0 Å². The molecular formula is C15H10F3N3O3S. The monoisotopic (exact) mass is 369 g/mol. The van der Waals surface area contributed by atoms with Gasteiger partial charge in [0.25, 0.3) is 5.91 Å². The van der Waals surface area contributed by atoms with E-state index in [1.54, 1.807) is 19.3 Å². The van der Waals surface area contributed by atoms with Gasteiger partial charge in [-0.05, 0) is 18.2 Å². The lowest BCUT2D eigenvalue weighted by atomic mass is 10.3. The van der Waals surface area contributed by atoms with Crippen LogP contribution in [0.5, 0.6) is 0 Å². The third-order valence-electron chi connectivity index (χ3n) is 3.26. The molecule has 25 heavy (non-hydrogen) atoms. The average Bonchev–Trinajstić information content (AvgIpc) is 3.16. The second kappa shape index (κ2) is 6.55. The molecule has 1 amide bonds. The molecule has 0 spiro atoms. The molecule has 2 heterocycles. The summed E-state index contributed by atoms with van der Waals surface area (Å²) in [6.45, 7) is -0.592. The second-order valence-electron chi connectivity index (χ2n) is 4.98. The topological polar surface area (TPSA) is 73.2 Å². The Hall–Kier alpha value is -2.88. The number of carbonyl (C=O) groups is 2. The van der Waals surface area contributed by atoms with E-state index >= 15 is 0 Å². The van der Waals surface area contributed by atoms with Gasteiger partial charge in [0.1, 0.15) is 11.2 Å². The highest BCUT2D eigenvalue weighted by Crippen LogP contribution is 2.30. The molecule has 0 aliphatic carbocycles. The third-order valence-corrected chi connectivity index (χ3v) is 4.17. The van der Waals surface area contributed by atoms with Gasteiger partial charge >= 0.3 is 5.97 Å². The molecule has 0 saturated heterocycles. The van der Waals surface area contributed by atoms with E-state index in [1.807, 2.05) is 0 Å². The minimum Gasteiger partial charge on any atom is -0.451 e. The number of fused-ring (bicyclic) bond motifs is 1. The fourth-order valence-electron chi connectivity index (χ4n) is 2.06. The van der Waals surface area contributed by atoms with Gasteiger partial charge in [-0.25, -0.2) is 22.9 Å². The van der Waals surface area contributed by atoms with Crippen molar-refractivity contribution in [3.8, 4) is 0 Å². The van der Waals surface area contributed by atoms with Gasteiger partial charge < -0.3 is 9.30 Å². The van der Waals surface area contributed by atoms with Crippen LogP contribution >= 0.6 is 11.3 Å². The van der Waals surface area contributed by atoms with Crippen LogP contribution in [0.3, 0.4) is 0 Å². The molecule has 0 radical (unpaired) electrons. The van der Waals surface area contributed by atoms with Crippen molar-refractivity contribution >= 4 is 38.6 Å². The van der Waals surface area contributed by atoms with Crippen LogP contribution in [0, 0.1) is 17.5 Å². The van der Waals surface area contributed by atoms with Gasteiger partial charge in [-0.2, -0.15) is 0 Å². The quantitative estimate of drug-likeness (QED) is 0.567. The molecule has 130 valence electrons. The van der Waals surface area contributed by atoms with Crippen LogP contribution in [-0.2, 0) is 16.6 Å². The van der Waals surface area contributed by atoms with Gasteiger partial charge in [0.15, 0.2) is 29.2 Å². The molecule has 3 aromatic rings. The highest BCUT2D eigenvalue weighted by molar-refractivity contribution is 7.22. The summed E-state index contributed by atoms with van der Waals surface area (Å²) in [5, 5.41) is 2.22. The Bertz CT molecular complexity index is 983. The zero-order chi connectivity index (χ0) is 18.1. The summed E-state index contributed by atoms with van der Waals surface area (Å²) < 4.78 is 46.4. The first-order chi connectivity index (χ1) is 11.9. The normalized spacial score (nSPS) is 10.9. The van der Waals surface area contributed by atoms with Crippen molar-refractivity contribution in [2.75, 3.05) is 11.9 Å². The Balaban J connectivity index is 1.67. The van der Waals surface area contributed by atoms with E-state index in [2.05, 4.69) is 10.3 Å². The Morgan fingerprint density at radius 2 is 2.08 bits per heavy atom. The largest absolute Gasteiger partial charge is 0.451 e. The number of aromatic nitrogens is 2. The number of amides is 1. The van der Waals surface area contributed by atoms with Crippen molar-refractivity contribution < 1.29 is 27.5 Å². The van der Waals surface area contributed by atoms with Crippen LogP contribution in [0.25, 0.3) is 10.2 Å². The molecular weight excluding hydrogens is 359 g/mol. The number of thiazole rings is 1. The van der Waals surface area contributed by atoms with E-state index in [0.717, 1.165) is 17.4 Å². The van der Waals surface area contributed by atoms with Crippen LogP contribution in [0.15, 0.2) is 24.4 Å². The van der Waals surface area contributed by atoms with Crippen molar-refractivity contribution in [2.24, 2.45) is 7.05 Å². The first-order valence-electron chi connectivity index (χ1n) is 6.89. The molecule has 2 aromatic heterocycles. The van der Waals surface area contributed by atoms with Crippen molar-refractivity contribution in [1.82, 2.24) is 9.55 Å². The molecule has 1 aromatic carbocycles. The van der Waals surface area contributed by atoms with Crippen LogP contribution < -0.4 is 5.32 Å². The molecule has 0 bridgehead atoms. The SMILES string of the molecule is Cn1cccc1C(=O)OCC(=O)Nc1nc2c(F)c(F)c(F)cc2s1. The number of esters is 1. The summed E-state index contributed by atoms with van der Waals surface area (Å²) in [6, 6.07) is 3.96. The molecule has 3 rings (SSSR count). The number of carbonyl (C=O) groups excluding carboxylic acids is 2. The van der Waals surface area contributed by atoms with Crippen LogP contribution in [0.4, 0.5) is 18.3 Å². The zero-order valence-corrected chi connectivity index (χ0v) is 13.5. The van der Waals surface area contributed by atoms with E-state index in [9.17, 15) is 22.8 Å². The Morgan fingerprint density at radius 1 is 1.32 bits per heavy atom. The maximum Gasteiger partial charge on any atom is 0.355 e. The maximum atomic E-state index is 13.6. The van der Waals surface area contributed by atoms with Gasteiger partial charge in [0, 0.05) is 13.2 Å². The van der Waals surface area contributed by atoms with E-state index in [1.165, 1.54) is 10.6 Å². The van der Waals surface area contributed by atoms with Crippen LogP contribution in [0.2, 0.25) is 0 Å². The van der Waals surface area contributed by atoms with Crippen molar-refractivity contribution in [1.29, 1.82) is 0 Å². The first kappa shape index (κ1) is 17.0. The Morgan fingerprint density at radius 3 is 2.76 bits per heavy atom. The zero-order valence-electron chi connectivity index (χ0n) is 12.7. The number of halogens is 3. The summed E-state index contributed by atoms with van der Waals surface area (Å²) in [6.07, 6.45) is 1.64. The number of hydrogen-bond donors (Lipinski definition) is 1. The molecule has 0 saturated carbocycles. The first-order valence-corrected chi connectivity index (χ1v) is 7.71. The average molecular weight is 369 g/mol. The number of ether oxygens (including phenoxy) is 1. The standard InChI is InChI=1S/C15H10F3N3O3S/c1-21-4-2-3-8(21)14(23)24-6-10(22)19-15-20-13-9(25-15)5-7(16)11(17)12(13)18/h2-5H,6H2,1H3,(H,19,20,22). The maximum absolute atomic E-state index is 13.6. The second-order valence-corrected chi connectivity index (χ2v) is 6.01. The third kappa shape index (κ3) is 3.33. The van der Waals surface area contributed by atoms with E-state index in [0.29, 0.717) is 0 Å². The number of nitrogens with zero attached hydrogens (tertiary/aromatic N) is 2. The summed E-state index contributed by atoms with van der Waals surface area (Å²) in [5.74, 6) is -5.82. The van der Waals surface area contributed by atoms with Crippen molar-refractivity contribution in [3.05, 3.63) is 47.5 Å². The molecule has 0 atom stereocenters. The molecule has 0 fully saturated rings. The summed E-state index contributed by atoms with van der Waals surface area (Å²) in [5.41, 5.74) is -0.124. The predicted octanol–water partition coefficient (Wildman–Crippen LogP) is 2.85. The van der Waals surface area contributed by atoms with Crippen LogP contribution in [-0.4, -0.2) is 28.0 Å². The van der Waals surface area contributed by atoms with E-state index in [-0.39, 0.29) is 21.0 Å². The highest BCUT2D eigenvalue weighted by Gasteiger charge is 2.19. The molecule has 0 aliphatic rings. The fraction of sp³-hybridized carbons (Fsp3) is 0.133. The summed E-state index contributed by atoms with van der Waals surface area (Å²) in [4.78, 5) is 27.3. The van der Waals surface area contributed by atoms with E-state index < -0.39 is 35.9 Å². The minimum atomic E-state index is -1.63. The molecule has 10 heteroatoms. The Labute approximate surface area is 142 Å². The van der Waals surface area contributed by atoms with Gasteiger partial charge in [-0.15, -0.1) is 0 Å². The predicted molar refractivity (Wildman–Crippen MR) is 83.8 cm³/mol. The molecule has 0 aliphatic heterocycles. The Kier molecular flexibility index (Phi) is 4.45. The fourth-order valence-corrected chi connectivity index (χ4v) is 2.97. The molecule has 1 N–H and O–H groups in total.